The average Bonchev–Trinajstić information content (AvgIpc) is 2.35. The molecule has 0 saturated heterocycles. The van der Waals surface area contributed by atoms with Gasteiger partial charge in [-0.05, 0) is 38.0 Å². The fraction of sp³-hybridized carbons (Fsp3) is 0.500. The molecule has 1 aromatic carbocycles. The molecule has 1 atom stereocenters. The van der Waals surface area contributed by atoms with Crippen LogP contribution in [0.1, 0.15) is 31.9 Å². The molecule has 19 heavy (non-hydrogen) atoms. The van der Waals surface area contributed by atoms with Gasteiger partial charge in [-0.2, -0.15) is 0 Å². The van der Waals surface area contributed by atoms with E-state index in [1.54, 1.807) is 24.3 Å². The van der Waals surface area contributed by atoms with Crippen LogP contribution in [0.5, 0.6) is 5.75 Å². The summed E-state index contributed by atoms with van der Waals surface area (Å²) in [6.45, 7) is 4.03. The first kappa shape index (κ1) is 15.5. The number of carboxylic acid groups (broad SMARTS) is 1. The third-order valence-electron chi connectivity index (χ3n) is 2.37. The van der Waals surface area contributed by atoms with Crippen LogP contribution in [0.2, 0.25) is 0 Å². The second kappa shape index (κ2) is 7.76. The van der Waals surface area contributed by atoms with Crippen molar-refractivity contribution in [2.24, 2.45) is 0 Å². The Balaban J connectivity index is 2.71. The maximum Gasteiger partial charge on any atom is 0.337 e. The Morgan fingerprint density at radius 2 is 1.89 bits per heavy atom. The molecule has 0 fully saturated rings. The molecular formula is C14H20O5. The van der Waals surface area contributed by atoms with Crippen molar-refractivity contribution in [3.8, 4) is 5.75 Å². The van der Waals surface area contributed by atoms with E-state index in [4.69, 9.17) is 19.7 Å². The van der Waals surface area contributed by atoms with Gasteiger partial charge in [0.1, 0.15) is 5.75 Å². The molecule has 1 unspecified atom stereocenters. The van der Waals surface area contributed by atoms with Crippen molar-refractivity contribution in [1.82, 2.24) is 0 Å². The number of aliphatic hydroxyl groups is 1. The Labute approximate surface area is 112 Å². The van der Waals surface area contributed by atoms with Crippen LogP contribution in [0.3, 0.4) is 0 Å². The van der Waals surface area contributed by atoms with Gasteiger partial charge >= 0.3 is 5.97 Å². The molecule has 0 aromatic heterocycles. The number of aliphatic hydroxyl groups excluding tert-OH is 1. The van der Waals surface area contributed by atoms with Crippen LogP contribution in [0.25, 0.3) is 0 Å². The van der Waals surface area contributed by atoms with Crippen LogP contribution in [0.4, 0.5) is 0 Å². The lowest BCUT2D eigenvalue weighted by atomic mass is 10.1. The summed E-state index contributed by atoms with van der Waals surface area (Å²) in [6, 6.07) is 6.80. The Bertz CT molecular complexity index is 385. The minimum atomic E-state index is -1.05. The van der Waals surface area contributed by atoms with Crippen LogP contribution in [-0.2, 0) is 9.53 Å². The summed E-state index contributed by atoms with van der Waals surface area (Å²) in [4.78, 5) is 11.1. The number of carboxylic acids is 1. The lowest BCUT2D eigenvalue weighted by Gasteiger charge is -2.15. The molecule has 0 spiro atoms. The summed E-state index contributed by atoms with van der Waals surface area (Å²) in [7, 11) is 0. The van der Waals surface area contributed by atoms with E-state index in [-0.39, 0.29) is 19.3 Å². The van der Waals surface area contributed by atoms with E-state index >= 15 is 0 Å². The van der Waals surface area contributed by atoms with Crippen LogP contribution < -0.4 is 4.74 Å². The lowest BCUT2D eigenvalue weighted by Crippen LogP contribution is -2.16. The molecule has 5 nitrogen and oxygen atoms in total. The molecule has 0 radical (unpaired) electrons. The zero-order chi connectivity index (χ0) is 14.3. The van der Waals surface area contributed by atoms with Crippen LogP contribution in [-0.4, -0.2) is 35.5 Å². The normalized spacial score (nSPS) is 12.4. The molecule has 2 N–H and O–H groups in total. The molecule has 0 heterocycles. The van der Waals surface area contributed by atoms with Crippen molar-refractivity contribution < 1.29 is 24.5 Å². The highest BCUT2D eigenvalue weighted by atomic mass is 16.5. The summed E-state index contributed by atoms with van der Waals surface area (Å²) in [5.41, 5.74) is 0.557. The van der Waals surface area contributed by atoms with Crippen molar-refractivity contribution in [3.05, 3.63) is 29.8 Å². The zero-order valence-electron chi connectivity index (χ0n) is 11.2. The number of benzene rings is 1. The number of hydrogen-bond acceptors (Lipinski definition) is 4. The van der Waals surface area contributed by atoms with Gasteiger partial charge in [-0.25, -0.2) is 4.79 Å². The van der Waals surface area contributed by atoms with Gasteiger partial charge in [-0.3, -0.25) is 0 Å². The second-order valence-electron chi connectivity index (χ2n) is 4.40. The Morgan fingerprint density at radius 3 is 2.37 bits per heavy atom. The van der Waals surface area contributed by atoms with E-state index in [2.05, 4.69) is 0 Å². The molecule has 0 saturated carbocycles. The van der Waals surface area contributed by atoms with E-state index in [1.165, 1.54) is 0 Å². The second-order valence-corrected chi connectivity index (χ2v) is 4.40. The first-order chi connectivity index (χ1) is 9.04. The van der Waals surface area contributed by atoms with Gasteiger partial charge < -0.3 is 19.7 Å². The van der Waals surface area contributed by atoms with E-state index in [0.29, 0.717) is 17.7 Å². The molecule has 0 aliphatic rings. The Hall–Kier alpha value is -1.59. The standard InChI is InChI=1S/C14H20O5/c1-10(2)19-12-6-4-11(5-7-12)13(14(16)17)18-9-3-8-15/h4-7,10,13,15H,3,8-9H2,1-2H3,(H,16,17). The molecule has 0 amide bonds. The first-order valence-electron chi connectivity index (χ1n) is 6.26. The van der Waals surface area contributed by atoms with Gasteiger partial charge in [0.05, 0.1) is 12.7 Å². The number of hydrogen-bond donors (Lipinski definition) is 2. The van der Waals surface area contributed by atoms with Gasteiger partial charge in [0.2, 0.25) is 0 Å². The Kier molecular flexibility index (Phi) is 6.32. The molecule has 0 aliphatic carbocycles. The van der Waals surface area contributed by atoms with Crippen LogP contribution in [0.15, 0.2) is 24.3 Å². The van der Waals surface area contributed by atoms with Crippen molar-refractivity contribution in [1.29, 1.82) is 0 Å². The monoisotopic (exact) mass is 268 g/mol. The van der Waals surface area contributed by atoms with Crippen molar-refractivity contribution in [3.63, 3.8) is 0 Å². The SMILES string of the molecule is CC(C)Oc1ccc(C(OCCCO)C(=O)O)cc1. The summed E-state index contributed by atoms with van der Waals surface area (Å²) < 4.78 is 10.7. The third-order valence-corrected chi connectivity index (χ3v) is 2.37. The van der Waals surface area contributed by atoms with Crippen molar-refractivity contribution >= 4 is 5.97 Å². The van der Waals surface area contributed by atoms with E-state index < -0.39 is 12.1 Å². The lowest BCUT2D eigenvalue weighted by molar-refractivity contribution is -0.151. The maximum atomic E-state index is 11.1. The largest absolute Gasteiger partial charge is 0.491 e. The van der Waals surface area contributed by atoms with E-state index in [1.807, 2.05) is 13.8 Å². The first-order valence-corrected chi connectivity index (χ1v) is 6.26. The van der Waals surface area contributed by atoms with E-state index in [0.717, 1.165) is 0 Å². The van der Waals surface area contributed by atoms with Gasteiger partial charge in [-0.1, -0.05) is 12.1 Å². The Morgan fingerprint density at radius 1 is 1.26 bits per heavy atom. The summed E-state index contributed by atoms with van der Waals surface area (Å²) in [5.74, 6) is -0.353. The fourth-order valence-electron chi connectivity index (χ4n) is 1.57. The van der Waals surface area contributed by atoms with E-state index in [9.17, 15) is 4.79 Å². The molecule has 106 valence electrons. The number of rotatable bonds is 8. The molecule has 0 aliphatic heterocycles. The highest BCUT2D eigenvalue weighted by molar-refractivity contribution is 5.74. The minimum absolute atomic E-state index is 0.0203. The quantitative estimate of drug-likeness (QED) is 0.705. The van der Waals surface area contributed by atoms with Gasteiger partial charge in [-0.15, -0.1) is 0 Å². The average molecular weight is 268 g/mol. The van der Waals surface area contributed by atoms with Crippen molar-refractivity contribution in [2.75, 3.05) is 13.2 Å². The summed E-state index contributed by atoms with van der Waals surface area (Å²) in [6.07, 6.45) is -0.528. The fourth-order valence-corrected chi connectivity index (χ4v) is 1.57. The molecular weight excluding hydrogens is 248 g/mol. The van der Waals surface area contributed by atoms with Gasteiger partial charge in [0.25, 0.3) is 0 Å². The highest BCUT2D eigenvalue weighted by Crippen LogP contribution is 2.22. The molecule has 1 rings (SSSR count). The molecule has 0 bridgehead atoms. The van der Waals surface area contributed by atoms with Crippen molar-refractivity contribution in [2.45, 2.75) is 32.5 Å². The molecule has 5 heteroatoms. The number of carbonyl (C=O) groups is 1. The minimum Gasteiger partial charge on any atom is -0.491 e. The zero-order valence-corrected chi connectivity index (χ0v) is 11.2. The summed E-state index contributed by atoms with van der Waals surface area (Å²) in [5, 5.41) is 17.8. The van der Waals surface area contributed by atoms with Gasteiger partial charge in [0.15, 0.2) is 6.10 Å². The van der Waals surface area contributed by atoms with Gasteiger partial charge in [0, 0.05) is 6.61 Å². The summed E-state index contributed by atoms with van der Waals surface area (Å²) >= 11 is 0. The maximum absolute atomic E-state index is 11.1. The highest BCUT2D eigenvalue weighted by Gasteiger charge is 2.20. The predicted molar refractivity (Wildman–Crippen MR) is 70.2 cm³/mol. The third kappa shape index (κ3) is 5.28. The number of ether oxygens (including phenoxy) is 2. The molecule has 1 aromatic rings. The number of aliphatic carboxylic acids is 1. The van der Waals surface area contributed by atoms with Crippen LogP contribution >= 0.6 is 0 Å². The smallest absolute Gasteiger partial charge is 0.337 e. The topological polar surface area (TPSA) is 76.0 Å². The predicted octanol–water partition coefficient (Wildman–Crippen LogP) is 2.00. The van der Waals surface area contributed by atoms with Crippen LogP contribution in [0, 0.1) is 0 Å².